The van der Waals surface area contributed by atoms with Crippen LogP contribution in [0.5, 0.6) is 0 Å². The van der Waals surface area contributed by atoms with Gasteiger partial charge in [0.2, 0.25) is 0 Å². The lowest BCUT2D eigenvalue weighted by Gasteiger charge is -1.98. The lowest BCUT2D eigenvalue weighted by Crippen LogP contribution is -1.99. The molecule has 1 aromatic heterocycles. The molecule has 1 rings (SSSR count). The number of nitrogens with zero attached hydrogens (tertiary/aromatic N) is 1. The van der Waals surface area contributed by atoms with E-state index in [9.17, 15) is 9.59 Å². The van der Waals surface area contributed by atoms with Gasteiger partial charge in [-0.25, -0.2) is 0 Å². The van der Waals surface area contributed by atoms with Crippen LogP contribution in [0.3, 0.4) is 0 Å². The summed E-state index contributed by atoms with van der Waals surface area (Å²) in [5, 5.41) is 0. The number of rotatable bonds is 5. The van der Waals surface area contributed by atoms with Crippen LogP contribution in [0.15, 0.2) is 30.0 Å². The molecule has 0 aromatic carbocycles. The summed E-state index contributed by atoms with van der Waals surface area (Å²) in [7, 11) is 0. The highest BCUT2D eigenvalue weighted by Gasteiger charge is 2.03. The molecular formula is C12H13NO2. The molecule has 0 bridgehead atoms. The van der Waals surface area contributed by atoms with Crippen molar-refractivity contribution in [3.8, 4) is 0 Å². The highest BCUT2D eigenvalue weighted by molar-refractivity contribution is 5.99. The Bertz CT molecular complexity index is 368. The topological polar surface area (TPSA) is 47.0 Å². The number of aromatic nitrogens is 1. The normalized spacial score (nSPS) is 11.1. The van der Waals surface area contributed by atoms with Crippen molar-refractivity contribution in [2.24, 2.45) is 0 Å². The number of hydrogen-bond acceptors (Lipinski definition) is 3. The number of ketones is 1. The second-order valence-corrected chi connectivity index (χ2v) is 3.21. The van der Waals surface area contributed by atoms with Gasteiger partial charge in [-0.15, -0.1) is 0 Å². The van der Waals surface area contributed by atoms with Crippen molar-refractivity contribution in [2.75, 3.05) is 0 Å². The van der Waals surface area contributed by atoms with Crippen LogP contribution in [0.4, 0.5) is 0 Å². The predicted molar refractivity (Wildman–Crippen MR) is 58.2 cm³/mol. The van der Waals surface area contributed by atoms with E-state index >= 15 is 0 Å². The molecule has 3 heteroatoms. The van der Waals surface area contributed by atoms with Gasteiger partial charge in [-0.05, 0) is 30.7 Å². The van der Waals surface area contributed by atoms with Gasteiger partial charge < -0.3 is 4.79 Å². The third-order valence-electron chi connectivity index (χ3n) is 1.98. The molecule has 0 spiro atoms. The fraction of sp³-hybridized carbons (Fsp3) is 0.250. The largest absolute Gasteiger partial charge is 0.303 e. The van der Waals surface area contributed by atoms with Gasteiger partial charge in [-0.1, -0.05) is 6.07 Å². The van der Waals surface area contributed by atoms with E-state index in [1.54, 1.807) is 19.2 Å². The van der Waals surface area contributed by atoms with Gasteiger partial charge in [0, 0.05) is 19.0 Å². The van der Waals surface area contributed by atoms with Crippen molar-refractivity contribution in [3.05, 3.63) is 35.7 Å². The Hall–Kier alpha value is -1.77. The highest BCUT2D eigenvalue weighted by Crippen LogP contribution is 2.06. The summed E-state index contributed by atoms with van der Waals surface area (Å²) in [6, 6.07) is 5.51. The molecular weight excluding hydrogens is 190 g/mol. The first kappa shape index (κ1) is 11.3. The van der Waals surface area contributed by atoms with Gasteiger partial charge >= 0.3 is 0 Å². The maximum absolute atomic E-state index is 11.5. The van der Waals surface area contributed by atoms with Crippen molar-refractivity contribution >= 4 is 18.1 Å². The maximum Gasteiger partial charge on any atom is 0.159 e. The summed E-state index contributed by atoms with van der Waals surface area (Å²) >= 11 is 0. The molecule has 0 saturated heterocycles. The Morgan fingerprint density at radius 1 is 1.47 bits per heavy atom. The quantitative estimate of drug-likeness (QED) is 0.543. The van der Waals surface area contributed by atoms with Crippen LogP contribution < -0.4 is 0 Å². The number of pyridine rings is 1. The first-order valence-electron chi connectivity index (χ1n) is 4.80. The van der Waals surface area contributed by atoms with Crippen molar-refractivity contribution < 1.29 is 9.59 Å². The molecule has 1 aromatic rings. The summed E-state index contributed by atoms with van der Waals surface area (Å²) in [4.78, 5) is 25.6. The number of carbonyl (C=O) groups excluding carboxylic acids is 2. The van der Waals surface area contributed by atoms with Gasteiger partial charge in [0.05, 0.1) is 5.69 Å². The monoisotopic (exact) mass is 203 g/mol. The Morgan fingerprint density at radius 3 is 2.87 bits per heavy atom. The van der Waals surface area contributed by atoms with E-state index < -0.39 is 0 Å². The third-order valence-corrected chi connectivity index (χ3v) is 1.98. The number of aldehydes is 1. The van der Waals surface area contributed by atoms with Gasteiger partial charge in [0.15, 0.2) is 5.78 Å². The van der Waals surface area contributed by atoms with Crippen LogP contribution in [-0.2, 0) is 9.59 Å². The van der Waals surface area contributed by atoms with Gasteiger partial charge in [-0.2, -0.15) is 0 Å². The molecule has 0 aliphatic rings. The molecule has 0 N–H and O–H groups in total. The minimum absolute atomic E-state index is 0.00671. The van der Waals surface area contributed by atoms with E-state index in [0.717, 1.165) is 12.0 Å². The number of hydrogen-bond donors (Lipinski definition) is 0. The summed E-state index contributed by atoms with van der Waals surface area (Å²) < 4.78 is 0. The molecule has 3 nitrogen and oxygen atoms in total. The molecule has 0 radical (unpaired) electrons. The molecule has 0 aliphatic carbocycles. The van der Waals surface area contributed by atoms with Crippen LogP contribution >= 0.6 is 0 Å². The minimum Gasteiger partial charge on any atom is -0.303 e. The molecule has 1 heterocycles. The van der Waals surface area contributed by atoms with Crippen molar-refractivity contribution in [1.29, 1.82) is 0 Å². The van der Waals surface area contributed by atoms with E-state index in [0.29, 0.717) is 5.57 Å². The SMILES string of the molecule is C/C(=C\c1ccccn1)C(=O)CCC=O. The summed E-state index contributed by atoms with van der Waals surface area (Å²) in [5.41, 5.74) is 1.39. The van der Waals surface area contributed by atoms with Crippen LogP contribution in [0, 0.1) is 0 Å². The summed E-state index contributed by atoms with van der Waals surface area (Å²) in [6.45, 7) is 1.74. The van der Waals surface area contributed by atoms with Crippen molar-refractivity contribution in [3.63, 3.8) is 0 Å². The molecule has 0 amide bonds. The first-order valence-corrected chi connectivity index (χ1v) is 4.80. The highest BCUT2D eigenvalue weighted by atomic mass is 16.1. The molecule has 0 fully saturated rings. The van der Waals surface area contributed by atoms with Crippen molar-refractivity contribution in [2.45, 2.75) is 19.8 Å². The van der Waals surface area contributed by atoms with Gasteiger partial charge in [0.25, 0.3) is 0 Å². The first-order chi connectivity index (χ1) is 7.24. The summed E-state index contributed by atoms with van der Waals surface area (Å²) in [6.07, 6.45) is 4.72. The smallest absolute Gasteiger partial charge is 0.159 e. The fourth-order valence-corrected chi connectivity index (χ4v) is 1.15. The molecule has 0 aliphatic heterocycles. The fourth-order valence-electron chi connectivity index (χ4n) is 1.15. The maximum atomic E-state index is 11.5. The molecule has 0 atom stereocenters. The predicted octanol–water partition coefficient (Wildman–Crippen LogP) is 2.03. The number of carbonyl (C=O) groups is 2. The number of allylic oxidation sites excluding steroid dienone is 1. The van der Waals surface area contributed by atoms with E-state index in [1.807, 2.05) is 18.2 Å². The summed E-state index contributed by atoms with van der Waals surface area (Å²) in [5.74, 6) is -0.00671. The zero-order valence-corrected chi connectivity index (χ0v) is 8.64. The number of Topliss-reactive ketones (excluding diaryl/α,β-unsaturated/α-hetero) is 1. The third kappa shape index (κ3) is 3.85. The van der Waals surface area contributed by atoms with E-state index in [4.69, 9.17) is 0 Å². The van der Waals surface area contributed by atoms with E-state index in [-0.39, 0.29) is 18.6 Å². The molecule has 0 unspecified atom stereocenters. The lowest BCUT2D eigenvalue weighted by molar-refractivity contribution is -0.117. The standard InChI is InChI=1S/C12H13NO2/c1-10(12(15)6-4-8-14)9-11-5-2-3-7-13-11/h2-3,5,7-9H,4,6H2,1H3/b10-9+. The van der Waals surface area contributed by atoms with Crippen molar-refractivity contribution in [1.82, 2.24) is 4.98 Å². The Labute approximate surface area is 88.8 Å². The van der Waals surface area contributed by atoms with E-state index in [2.05, 4.69) is 4.98 Å². The van der Waals surface area contributed by atoms with Crippen LogP contribution in [0.25, 0.3) is 6.08 Å². The Kier molecular flexibility index (Phi) is 4.41. The second kappa shape index (κ2) is 5.86. The van der Waals surface area contributed by atoms with E-state index in [1.165, 1.54) is 0 Å². The van der Waals surface area contributed by atoms with Crippen LogP contribution in [-0.4, -0.2) is 17.1 Å². The Balaban J connectivity index is 2.67. The molecule has 15 heavy (non-hydrogen) atoms. The zero-order valence-electron chi connectivity index (χ0n) is 8.64. The van der Waals surface area contributed by atoms with Crippen LogP contribution in [0.1, 0.15) is 25.5 Å². The van der Waals surface area contributed by atoms with Crippen LogP contribution in [0.2, 0.25) is 0 Å². The second-order valence-electron chi connectivity index (χ2n) is 3.21. The van der Waals surface area contributed by atoms with Gasteiger partial charge in [0.1, 0.15) is 6.29 Å². The zero-order chi connectivity index (χ0) is 11.1. The average Bonchev–Trinajstić information content (AvgIpc) is 2.27. The van der Waals surface area contributed by atoms with Gasteiger partial charge in [-0.3, -0.25) is 9.78 Å². The molecule has 78 valence electrons. The Morgan fingerprint density at radius 2 is 2.27 bits per heavy atom. The minimum atomic E-state index is -0.00671. The lowest BCUT2D eigenvalue weighted by atomic mass is 10.1. The molecule has 0 saturated carbocycles. The average molecular weight is 203 g/mol.